The maximum Gasteiger partial charge on any atom is 0.312 e. The highest BCUT2D eigenvalue weighted by Crippen LogP contribution is 2.27. The molecule has 0 aromatic heterocycles. The molecular weight excluding hydrogens is 312 g/mol. The molecule has 0 radical (unpaired) electrons. The van der Waals surface area contributed by atoms with Crippen LogP contribution in [0, 0.1) is 6.92 Å². The van der Waals surface area contributed by atoms with E-state index in [-0.39, 0.29) is 5.97 Å². The van der Waals surface area contributed by atoms with Crippen LogP contribution in [0.25, 0.3) is 0 Å². The van der Waals surface area contributed by atoms with E-state index in [1.807, 2.05) is 6.92 Å². The van der Waals surface area contributed by atoms with Gasteiger partial charge in [-0.15, -0.1) is 4.33 Å². The molecule has 1 aromatic carbocycles. The molecule has 0 saturated carbocycles. The second-order valence-corrected chi connectivity index (χ2v) is 4.60. The minimum atomic E-state index is -0.319. The van der Waals surface area contributed by atoms with Crippen molar-refractivity contribution in [3.05, 3.63) is 23.8 Å². The van der Waals surface area contributed by atoms with Gasteiger partial charge in [-0.3, -0.25) is 4.79 Å². The van der Waals surface area contributed by atoms with Gasteiger partial charge in [0.25, 0.3) is 0 Å². The van der Waals surface area contributed by atoms with Crippen molar-refractivity contribution in [2.45, 2.75) is 18.2 Å². The summed E-state index contributed by atoms with van der Waals surface area (Å²) in [7, 11) is 0. The van der Waals surface area contributed by atoms with Crippen molar-refractivity contribution >= 4 is 33.9 Å². The van der Waals surface area contributed by atoms with Crippen LogP contribution in [0.2, 0.25) is 0 Å². The van der Waals surface area contributed by atoms with Gasteiger partial charge in [0, 0.05) is 10.2 Å². The molecular formula is C10H11BrO5S. The normalized spacial score (nSPS) is 10.3. The summed E-state index contributed by atoms with van der Waals surface area (Å²) in [6, 6.07) is 5.09. The lowest BCUT2D eigenvalue weighted by molar-refractivity contribution is -0.432. The summed E-state index contributed by atoms with van der Waals surface area (Å²) >= 11 is 3.98. The quantitative estimate of drug-likeness (QED) is 0.217. The van der Waals surface area contributed by atoms with E-state index < -0.39 is 0 Å². The van der Waals surface area contributed by atoms with Crippen molar-refractivity contribution in [1.82, 2.24) is 0 Å². The number of hydrogen-bond donors (Lipinski definition) is 1. The average Bonchev–Trinajstić information content (AvgIpc) is 2.30. The van der Waals surface area contributed by atoms with Gasteiger partial charge < -0.3 is 4.74 Å². The molecule has 0 heterocycles. The van der Waals surface area contributed by atoms with E-state index in [0.717, 1.165) is 17.6 Å². The van der Waals surface area contributed by atoms with Crippen molar-refractivity contribution in [1.29, 1.82) is 0 Å². The van der Waals surface area contributed by atoms with Gasteiger partial charge in [-0.2, -0.15) is 0 Å². The zero-order valence-corrected chi connectivity index (χ0v) is 11.4. The Morgan fingerprint density at radius 1 is 1.53 bits per heavy atom. The molecule has 7 heteroatoms. The van der Waals surface area contributed by atoms with E-state index in [4.69, 9.17) is 9.99 Å². The van der Waals surface area contributed by atoms with Crippen molar-refractivity contribution < 1.29 is 24.2 Å². The first-order valence-corrected chi connectivity index (χ1v) is 6.55. The van der Waals surface area contributed by atoms with Crippen molar-refractivity contribution in [3.63, 3.8) is 0 Å². The van der Waals surface area contributed by atoms with Gasteiger partial charge in [-0.25, -0.2) is 5.26 Å². The molecule has 0 amide bonds. The molecule has 0 atom stereocenters. The van der Waals surface area contributed by atoms with Gasteiger partial charge in [-0.1, -0.05) is 27.0 Å². The van der Waals surface area contributed by atoms with Crippen LogP contribution in [-0.4, -0.2) is 16.6 Å². The third-order valence-corrected chi connectivity index (χ3v) is 2.99. The highest BCUT2D eigenvalue weighted by molar-refractivity contribution is 9.09. The fourth-order valence-corrected chi connectivity index (χ4v) is 1.84. The third-order valence-electron chi connectivity index (χ3n) is 1.84. The molecule has 0 unspecified atom stereocenters. The highest BCUT2D eigenvalue weighted by Gasteiger charge is 2.07. The van der Waals surface area contributed by atoms with E-state index >= 15 is 0 Å². The second-order valence-electron chi connectivity index (χ2n) is 3.07. The number of aryl methyl sites for hydroxylation is 1. The Kier molecular flexibility index (Phi) is 6.53. The van der Waals surface area contributed by atoms with Crippen LogP contribution >= 0.6 is 28.0 Å². The molecule has 0 bridgehead atoms. The zero-order valence-electron chi connectivity index (χ0n) is 9.01. The third kappa shape index (κ3) is 5.05. The summed E-state index contributed by atoms with van der Waals surface area (Å²) in [6.07, 6.45) is 0.298. The second kappa shape index (κ2) is 7.67. The summed E-state index contributed by atoms with van der Waals surface area (Å²) in [4.78, 5) is 12.0. The predicted molar refractivity (Wildman–Crippen MR) is 65.9 cm³/mol. The van der Waals surface area contributed by atoms with Crippen molar-refractivity contribution in [2.24, 2.45) is 0 Å². The Balaban J connectivity index is 2.70. The monoisotopic (exact) mass is 322 g/mol. The molecule has 1 N–H and O–H groups in total. The average molecular weight is 323 g/mol. The molecule has 0 fully saturated rings. The number of carbonyl (C=O) groups is 1. The van der Waals surface area contributed by atoms with Crippen LogP contribution in [0.5, 0.6) is 5.75 Å². The van der Waals surface area contributed by atoms with E-state index in [2.05, 4.69) is 25.3 Å². The summed E-state index contributed by atoms with van der Waals surface area (Å²) in [6.45, 7) is 1.85. The number of rotatable bonds is 6. The molecule has 5 nitrogen and oxygen atoms in total. The number of halogens is 1. The van der Waals surface area contributed by atoms with E-state index in [1.165, 1.54) is 0 Å². The maximum absolute atomic E-state index is 11.3. The minimum absolute atomic E-state index is 0.298. The number of benzene rings is 1. The molecule has 1 rings (SSSR count). The number of carbonyl (C=O) groups excluding carboxylic acids is 1. The van der Waals surface area contributed by atoms with Crippen LogP contribution < -0.4 is 4.74 Å². The molecule has 17 heavy (non-hydrogen) atoms. The Labute approximate surface area is 111 Å². The first-order chi connectivity index (χ1) is 8.17. The molecule has 0 aliphatic heterocycles. The number of ether oxygens (including phenoxy) is 1. The topological polar surface area (TPSA) is 65.0 Å². The summed E-state index contributed by atoms with van der Waals surface area (Å²) < 4.78 is 9.42. The Bertz CT molecular complexity index is 385. The SMILES string of the molecule is Cc1ccc(OC(=O)CCBr)cc1SOOO. The lowest BCUT2D eigenvalue weighted by atomic mass is 10.2. The maximum atomic E-state index is 11.3. The van der Waals surface area contributed by atoms with Crippen LogP contribution in [-0.2, 0) is 14.2 Å². The van der Waals surface area contributed by atoms with E-state index in [0.29, 0.717) is 22.4 Å². The van der Waals surface area contributed by atoms with Gasteiger partial charge in [-0.05, 0) is 24.6 Å². The Hall–Kier alpha value is -0.600. The largest absolute Gasteiger partial charge is 0.426 e. The van der Waals surface area contributed by atoms with Crippen molar-refractivity contribution in [2.75, 3.05) is 5.33 Å². The van der Waals surface area contributed by atoms with E-state index in [9.17, 15) is 4.79 Å². The molecule has 0 saturated heterocycles. The summed E-state index contributed by atoms with van der Waals surface area (Å²) in [5.41, 5.74) is 0.910. The van der Waals surface area contributed by atoms with Crippen LogP contribution in [0.4, 0.5) is 0 Å². The Morgan fingerprint density at radius 3 is 2.94 bits per heavy atom. The molecule has 0 aliphatic rings. The summed E-state index contributed by atoms with van der Waals surface area (Å²) in [5.74, 6) is 0.103. The fraction of sp³-hybridized carbons (Fsp3) is 0.300. The fourth-order valence-electron chi connectivity index (χ4n) is 1.05. The predicted octanol–water partition coefficient (Wildman–Crippen LogP) is 3.11. The molecule has 0 aliphatic carbocycles. The standard InChI is InChI=1S/C10H11BrO5S/c1-7-2-3-8(14-10(12)4-5-11)6-9(7)17-16-15-13/h2-3,6,13H,4-5H2,1H3. The lowest BCUT2D eigenvalue weighted by Crippen LogP contribution is -2.08. The van der Waals surface area contributed by atoms with Crippen molar-refractivity contribution in [3.8, 4) is 5.75 Å². The highest BCUT2D eigenvalue weighted by atomic mass is 79.9. The first-order valence-electron chi connectivity index (χ1n) is 4.69. The molecule has 0 spiro atoms. The zero-order chi connectivity index (χ0) is 12.7. The van der Waals surface area contributed by atoms with Crippen LogP contribution in [0.1, 0.15) is 12.0 Å². The molecule has 1 aromatic rings. The Morgan fingerprint density at radius 2 is 2.29 bits per heavy atom. The van der Waals surface area contributed by atoms with Gasteiger partial charge in [0.15, 0.2) is 0 Å². The number of alkyl halides is 1. The van der Waals surface area contributed by atoms with Crippen LogP contribution in [0.15, 0.2) is 23.1 Å². The first kappa shape index (κ1) is 14.5. The summed E-state index contributed by atoms with van der Waals surface area (Å²) in [5, 5.41) is 12.1. The van der Waals surface area contributed by atoms with Crippen LogP contribution in [0.3, 0.4) is 0 Å². The minimum Gasteiger partial charge on any atom is -0.426 e. The van der Waals surface area contributed by atoms with E-state index in [1.54, 1.807) is 18.2 Å². The lowest BCUT2D eigenvalue weighted by Gasteiger charge is -2.07. The smallest absolute Gasteiger partial charge is 0.312 e. The van der Waals surface area contributed by atoms with Gasteiger partial charge in [0.05, 0.1) is 18.5 Å². The van der Waals surface area contributed by atoms with Gasteiger partial charge in [0.2, 0.25) is 0 Å². The molecule has 94 valence electrons. The van der Waals surface area contributed by atoms with Gasteiger partial charge >= 0.3 is 5.97 Å². The number of esters is 1. The van der Waals surface area contributed by atoms with Gasteiger partial charge in [0.1, 0.15) is 5.75 Å². The number of hydrogen-bond acceptors (Lipinski definition) is 6.